The maximum atomic E-state index is 10.4. The van der Waals surface area contributed by atoms with Crippen LogP contribution in [0.2, 0.25) is 0 Å². The predicted molar refractivity (Wildman–Crippen MR) is 73.3 cm³/mol. The topological polar surface area (TPSA) is 35.5 Å². The van der Waals surface area contributed by atoms with E-state index in [-0.39, 0.29) is 0 Å². The van der Waals surface area contributed by atoms with E-state index in [2.05, 4.69) is 31.1 Å². The zero-order valence-electron chi connectivity index (χ0n) is 11.8. The molecule has 1 fully saturated rings. The number of rotatable bonds is 6. The Morgan fingerprint density at radius 2 is 1.76 bits per heavy atom. The Morgan fingerprint density at radius 3 is 2.29 bits per heavy atom. The van der Waals surface area contributed by atoms with E-state index in [1.54, 1.807) is 0 Å². The summed E-state index contributed by atoms with van der Waals surface area (Å²) >= 11 is 0. The first kappa shape index (κ1) is 14.9. The first-order valence-electron chi connectivity index (χ1n) is 7.17. The summed E-state index contributed by atoms with van der Waals surface area (Å²) in [6, 6.07) is 0.595. The van der Waals surface area contributed by atoms with Crippen LogP contribution in [-0.4, -0.2) is 48.3 Å². The zero-order chi connectivity index (χ0) is 12.7. The standard InChI is InChI=1S/C14H30N2O/c1-13(2)16(3)11-10-15-12-14(17)8-6-4-5-7-9-14/h13,15,17H,4-12H2,1-3H3. The fourth-order valence-corrected chi connectivity index (χ4v) is 2.40. The lowest BCUT2D eigenvalue weighted by Gasteiger charge is -2.28. The normalized spacial score (nSPS) is 20.8. The fourth-order valence-electron chi connectivity index (χ4n) is 2.40. The summed E-state index contributed by atoms with van der Waals surface area (Å²) < 4.78 is 0. The van der Waals surface area contributed by atoms with Crippen molar-refractivity contribution in [3.8, 4) is 0 Å². The van der Waals surface area contributed by atoms with Crippen molar-refractivity contribution in [3.05, 3.63) is 0 Å². The first-order valence-corrected chi connectivity index (χ1v) is 7.17. The molecule has 3 heteroatoms. The molecule has 0 unspecified atom stereocenters. The summed E-state index contributed by atoms with van der Waals surface area (Å²) in [6.07, 6.45) is 6.89. The molecule has 0 spiro atoms. The van der Waals surface area contributed by atoms with Crippen molar-refractivity contribution in [2.75, 3.05) is 26.7 Å². The van der Waals surface area contributed by atoms with E-state index in [0.29, 0.717) is 6.04 Å². The maximum Gasteiger partial charge on any atom is 0.0771 e. The molecule has 0 aromatic heterocycles. The van der Waals surface area contributed by atoms with Gasteiger partial charge in [0.25, 0.3) is 0 Å². The van der Waals surface area contributed by atoms with Crippen molar-refractivity contribution in [1.82, 2.24) is 10.2 Å². The molecule has 0 atom stereocenters. The highest BCUT2D eigenvalue weighted by molar-refractivity contribution is 4.83. The second-order valence-electron chi connectivity index (χ2n) is 5.89. The lowest BCUT2D eigenvalue weighted by molar-refractivity contribution is 0.0249. The van der Waals surface area contributed by atoms with Gasteiger partial charge in [0.15, 0.2) is 0 Å². The Labute approximate surface area is 107 Å². The van der Waals surface area contributed by atoms with Crippen LogP contribution in [0.1, 0.15) is 52.4 Å². The maximum absolute atomic E-state index is 10.4. The molecule has 0 amide bonds. The van der Waals surface area contributed by atoms with Crippen molar-refractivity contribution < 1.29 is 5.11 Å². The van der Waals surface area contributed by atoms with Gasteiger partial charge in [0.2, 0.25) is 0 Å². The van der Waals surface area contributed by atoms with Gasteiger partial charge in [0, 0.05) is 25.7 Å². The summed E-state index contributed by atoms with van der Waals surface area (Å²) in [7, 11) is 2.15. The second kappa shape index (κ2) is 7.34. The molecule has 0 heterocycles. The van der Waals surface area contributed by atoms with E-state index in [0.717, 1.165) is 32.5 Å². The van der Waals surface area contributed by atoms with Crippen molar-refractivity contribution in [1.29, 1.82) is 0 Å². The fraction of sp³-hybridized carbons (Fsp3) is 1.00. The third-order valence-corrected chi connectivity index (χ3v) is 4.01. The molecule has 3 nitrogen and oxygen atoms in total. The van der Waals surface area contributed by atoms with E-state index in [1.165, 1.54) is 25.7 Å². The molecule has 1 saturated carbocycles. The minimum absolute atomic E-state index is 0.438. The smallest absolute Gasteiger partial charge is 0.0771 e. The van der Waals surface area contributed by atoms with E-state index >= 15 is 0 Å². The van der Waals surface area contributed by atoms with Crippen LogP contribution in [0.25, 0.3) is 0 Å². The highest BCUT2D eigenvalue weighted by atomic mass is 16.3. The molecule has 1 aliphatic rings. The lowest BCUT2D eigenvalue weighted by atomic mass is 9.94. The Kier molecular flexibility index (Phi) is 6.45. The molecule has 102 valence electrons. The van der Waals surface area contributed by atoms with Gasteiger partial charge in [-0.25, -0.2) is 0 Å². The molecular weight excluding hydrogens is 212 g/mol. The third-order valence-electron chi connectivity index (χ3n) is 4.01. The van der Waals surface area contributed by atoms with Crippen LogP contribution in [0.4, 0.5) is 0 Å². The molecule has 2 N–H and O–H groups in total. The van der Waals surface area contributed by atoms with E-state index in [9.17, 15) is 5.11 Å². The quantitative estimate of drug-likeness (QED) is 0.552. The molecule has 1 aliphatic carbocycles. The van der Waals surface area contributed by atoms with Crippen LogP contribution in [0.3, 0.4) is 0 Å². The average Bonchev–Trinajstić information content (AvgIpc) is 2.49. The Balaban J connectivity index is 2.16. The summed E-state index contributed by atoms with van der Waals surface area (Å²) in [5.41, 5.74) is -0.438. The van der Waals surface area contributed by atoms with Crippen LogP contribution < -0.4 is 5.32 Å². The Bertz CT molecular complexity index is 198. The number of nitrogens with one attached hydrogen (secondary N) is 1. The molecule has 0 aromatic rings. The van der Waals surface area contributed by atoms with Crippen LogP contribution in [0.15, 0.2) is 0 Å². The van der Waals surface area contributed by atoms with Crippen LogP contribution >= 0.6 is 0 Å². The molecule has 0 bridgehead atoms. The van der Waals surface area contributed by atoms with E-state index < -0.39 is 5.60 Å². The summed E-state index contributed by atoms with van der Waals surface area (Å²) in [6.45, 7) is 7.20. The van der Waals surface area contributed by atoms with Gasteiger partial charge in [-0.15, -0.1) is 0 Å². The Morgan fingerprint density at radius 1 is 1.18 bits per heavy atom. The highest BCUT2D eigenvalue weighted by Gasteiger charge is 2.27. The van der Waals surface area contributed by atoms with Gasteiger partial charge in [-0.05, 0) is 33.7 Å². The minimum atomic E-state index is -0.438. The lowest BCUT2D eigenvalue weighted by Crippen LogP contribution is -2.43. The van der Waals surface area contributed by atoms with Crippen LogP contribution in [-0.2, 0) is 0 Å². The van der Waals surface area contributed by atoms with Crippen molar-refractivity contribution in [2.45, 2.75) is 64.0 Å². The molecule has 0 aromatic carbocycles. The van der Waals surface area contributed by atoms with Gasteiger partial charge < -0.3 is 15.3 Å². The molecule has 0 saturated heterocycles. The number of hydrogen-bond acceptors (Lipinski definition) is 3. The van der Waals surface area contributed by atoms with Gasteiger partial charge in [0.05, 0.1) is 5.60 Å². The van der Waals surface area contributed by atoms with Crippen molar-refractivity contribution >= 4 is 0 Å². The second-order valence-corrected chi connectivity index (χ2v) is 5.89. The monoisotopic (exact) mass is 242 g/mol. The predicted octanol–water partition coefficient (Wildman–Crippen LogP) is 2.00. The van der Waals surface area contributed by atoms with Crippen LogP contribution in [0.5, 0.6) is 0 Å². The number of likely N-dealkylation sites (N-methyl/N-ethyl adjacent to an activating group) is 1. The number of hydrogen-bond donors (Lipinski definition) is 2. The van der Waals surface area contributed by atoms with Gasteiger partial charge in [-0.2, -0.15) is 0 Å². The minimum Gasteiger partial charge on any atom is -0.389 e. The number of nitrogens with zero attached hydrogens (tertiary/aromatic N) is 1. The Hall–Kier alpha value is -0.120. The van der Waals surface area contributed by atoms with Crippen LogP contribution in [0, 0.1) is 0 Å². The summed E-state index contributed by atoms with van der Waals surface area (Å²) in [4.78, 5) is 2.32. The molecule has 17 heavy (non-hydrogen) atoms. The van der Waals surface area contributed by atoms with Crippen molar-refractivity contribution in [3.63, 3.8) is 0 Å². The molecule has 0 radical (unpaired) electrons. The van der Waals surface area contributed by atoms with E-state index in [4.69, 9.17) is 0 Å². The molecular formula is C14H30N2O. The molecule has 1 rings (SSSR count). The largest absolute Gasteiger partial charge is 0.389 e. The third kappa shape index (κ3) is 5.84. The highest BCUT2D eigenvalue weighted by Crippen LogP contribution is 2.26. The molecule has 0 aliphatic heterocycles. The van der Waals surface area contributed by atoms with E-state index in [1.807, 2.05) is 0 Å². The average molecular weight is 242 g/mol. The SMILES string of the molecule is CC(C)N(C)CCNCC1(O)CCCCCC1. The number of aliphatic hydroxyl groups is 1. The first-order chi connectivity index (χ1) is 8.03. The van der Waals surface area contributed by atoms with Gasteiger partial charge in [-0.3, -0.25) is 0 Å². The van der Waals surface area contributed by atoms with Gasteiger partial charge in [-0.1, -0.05) is 25.7 Å². The summed E-state index contributed by atoms with van der Waals surface area (Å²) in [5.74, 6) is 0. The summed E-state index contributed by atoms with van der Waals surface area (Å²) in [5, 5.41) is 13.9. The zero-order valence-corrected chi connectivity index (χ0v) is 11.8. The van der Waals surface area contributed by atoms with Crippen molar-refractivity contribution in [2.24, 2.45) is 0 Å². The van der Waals surface area contributed by atoms with Gasteiger partial charge in [0.1, 0.15) is 0 Å². The van der Waals surface area contributed by atoms with Gasteiger partial charge >= 0.3 is 0 Å².